The van der Waals surface area contributed by atoms with E-state index in [-0.39, 0.29) is 17.0 Å². The second-order valence-corrected chi connectivity index (χ2v) is 4.90. The summed E-state index contributed by atoms with van der Waals surface area (Å²) in [4.78, 5) is 12.0. The van der Waals surface area contributed by atoms with Crippen molar-refractivity contribution in [1.82, 2.24) is 0 Å². The van der Waals surface area contributed by atoms with Crippen molar-refractivity contribution in [3.8, 4) is 11.8 Å². The molecule has 0 unspecified atom stereocenters. The molecule has 3 N–H and O–H groups in total. The lowest BCUT2D eigenvalue weighted by atomic mass is 10.2. The Morgan fingerprint density at radius 2 is 1.80 bits per heavy atom. The van der Waals surface area contributed by atoms with Crippen LogP contribution in [0.25, 0.3) is 0 Å². The van der Waals surface area contributed by atoms with Crippen molar-refractivity contribution in [2.75, 3.05) is 10.6 Å². The van der Waals surface area contributed by atoms with Gasteiger partial charge in [-0.2, -0.15) is 18.4 Å². The zero-order chi connectivity index (χ0) is 18.4. The molecule has 0 fully saturated rings. The Balaban J connectivity index is 2.13. The lowest BCUT2D eigenvalue weighted by molar-refractivity contribution is -0.137. The third kappa shape index (κ3) is 5.00. The largest absolute Gasteiger partial charge is 0.508 e. The number of halogens is 3. The van der Waals surface area contributed by atoms with Crippen LogP contribution in [-0.2, 0) is 11.0 Å². The Labute approximate surface area is 141 Å². The fourth-order valence-electron chi connectivity index (χ4n) is 1.87. The van der Waals surface area contributed by atoms with E-state index < -0.39 is 17.6 Å². The second-order valence-electron chi connectivity index (χ2n) is 4.90. The highest BCUT2D eigenvalue weighted by Crippen LogP contribution is 2.30. The van der Waals surface area contributed by atoms with E-state index in [0.29, 0.717) is 5.69 Å². The van der Waals surface area contributed by atoms with Crippen LogP contribution in [0, 0.1) is 11.3 Å². The molecule has 0 spiro atoms. The number of anilines is 2. The number of phenols is 1. The van der Waals surface area contributed by atoms with Crippen molar-refractivity contribution in [1.29, 1.82) is 5.26 Å². The van der Waals surface area contributed by atoms with Crippen LogP contribution in [0.15, 0.2) is 60.3 Å². The Hall–Kier alpha value is -3.47. The average Bonchev–Trinajstić information content (AvgIpc) is 2.55. The summed E-state index contributed by atoms with van der Waals surface area (Å²) in [7, 11) is 0. The van der Waals surface area contributed by atoms with Crippen LogP contribution in [0.4, 0.5) is 24.5 Å². The molecule has 128 valence electrons. The van der Waals surface area contributed by atoms with Gasteiger partial charge in [0.2, 0.25) is 0 Å². The number of alkyl halides is 3. The van der Waals surface area contributed by atoms with E-state index in [0.717, 1.165) is 24.4 Å². The monoisotopic (exact) mass is 347 g/mol. The van der Waals surface area contributed by atoms with Crippen LogP contribution in [0.2, 0.25) is 0 Å². The molecule has 0 aliphatic carbocycles. The molecular formula is C17H12F3N3O2. The molecule has 5 nitrogen and oxygen atoms in total. The highest BCUT2D eigenvalue weighted by atomic mass is 19.4. The quantitative estimate of drug-likeness (QED) is 0.579. The summed E-state index contributed by atoms with van der Waals surface area (Å²) >= 11 is 0. The van der Waals surface area contributed by atoms with E-state index in [2.05, 4.69) is 10.6 Å². The summed E-state index contributed by atoms with van der Waals surface area (Å²) in [6.07, 6.45) is -3.44. The van der Waals surface area contributed by atoms with Crippen molar-refractivity contribution in [2.24, 2.45) is 0 Å². The minimum Gasteiger partial charge on any atom is -0.508 e. The maximum Gasteiger partial charge on any atom is 0.416 e. The van der Waals surface area contributed by atoms with Crippen LogP contribution in [0.3, 0.4) is 0 Å². The van der Waals surface area contributed by atoms with E-state index in [1.165, 1.54) is 18.2 Å². The van der Waals surface area contributed by atoms with E-state index in [1.807, 2.05) is 0 Å². The number of hydrogen-bond acceptors (Lipinski definition) is 4. The number of hydrogen-bond donors (Lipinski definition) is 3. The first-order valence-corrected chi connectivity index (χ1v) is 6.94. The highest BCUT2D eigenvalue weighted by molar-refractivity contribution is 6.06. The molecule has 25 heavy (non-hydrogen) atoms. The van der Waals surface area contributed by atoms with Gasteiger partial charge >= 0.3 is 6.18 Å². The van der Waals surface area contributed by atoms with Gasteiger partial charge < -0.3 is 15.7 Å². The van der Waals surface area contributed by atoms with Gasteiger partial charge in [-0.1, -0.05) is 12.1 Å². The van der Waals surface area contributed by atoms with Gasteiger partial charge in [-0.25, -0.2) is 0 Å². The molecule has 8 heteroatoms. The van der Waals surface area contributed by atoms with Gasteiger partial charge in [0.1, 0.15) is 17.4 Å². The van der Waals surface area contributed by atoms with Crippen LogP contribution in [0.1, 0.15) is 5.56 Å². The number of rotatable bonds is 4. The zero-order valence-electron chi connectivity index (χ0n) is 12.6. The topological polar surface area (TPSA) is 85.2 Å². The Morgan fingerprint density at radius 1 is 1.12 bits per heavy atom. The summed E-state index contributed by atoms with van der Waals surface area (Å²) in [6.45, 7) is 0. The molecule has 0 heterocycles. The molecule has 0 atom stereocenters. The number of amides is 1. The molecular weight excluding hydrogens is 335 g/mol. The maximum absolute atomic E-state index is 12.7. The number of nitrogens with one attached hydrogen (secondary N) is 2. The summed E-state index contributed by atoms with van der Waals surface area (Å²) in [5, 5.41) is 23.3. The molecule has 2 rings (SSSR count). The standard InChI is InChI=1S/C17H12F3N3O2/c18-17(19,20)12-3-1-5-14(7-12)23-16(25)11(9-21)10-22-13-4-2-6-15(24)8-13/h1-8,10,22,24H,(H,23,25)/b11-10-. The van der Waals surface area contributed by atoms with Gasteiger partial charge in [-0.05, 0) is 30.3 Å². The molecule has 0 saturated heterocycles. The van der Waals surface area contributed by atoms with Crippen LogP contribution < -0.4 is 10.6 Å². The van der Waals surface area contributed by atoms with Crippen molar-refractivity contribution >= 4 is 17.3 Å². The van der Waals surface area contributed by atoms with Gasteiger partial charge in [-0.3, -0.25) is 4.79 Å². The SMILES string of the molecule is N#C/C(=C/Nc1cccc(O)c1)C(=O)Nc1cccc(C(F)(F)F)c1. The molecule has 2 aromatic rings. The lowest BCUT2D eigenvalue weighted by Crippen LogP contribution is -2.15. The third-order valence-electron chi connectivity index (χ3n) is 3.04. The summed E-state index contributed by atoms with van der Waals surface area (Å²) in [5.41, 5.74) is -0.913. The third-order valence-corrected chi connectivity index (χ3v) is 3.04. The van der Waals surface area contributed by atoms with E-state index in [4.69, 9.17) is 5.26 Å². The number of benzene rings is 2. The molecule has 0 aliphatic heterocycles. The van der Waals surface area contributed by atoms with Gasteiger partial charge in [0.05, 0.1) is 5.56 Å². The molecule has 0 aliphatic rings. The Morgan fingerprint density at radius 3 is 2.44 bits per heavy atom. The van der Waals surface area contributed by atoms with Gasteiger partial charge in [-0.15, -0.1) is 0 Å². The number of carbonyl (C=O) groups is 1. The van der Waals surface area contributed by atoms with Gasteiger partial charge in [0, 0.05) is 23.6 Å². The van der Waals surface area contributed by atoms with Crippen LogP contribution >= 0.6 is 0 Å². The van der Waals surface area contributed by atoms with Crippen LogP contribution in [0.5, 0.6) is 5.75 Å². The van der Waals surface area contributed by atoms with E-state index in [1.54, 1.807) is 18.2 Å². The summed E-state index contributed by atoms with van der Waals surface area (Å²) in [5.74, 6) is -0.875. The Kier molecular flexibility index (Phi) is 5.29. The van der Waals surface area contributed by atoms with Crippen molar-refractivity contribution in [3.05, 3.63) is 65.9 Å². The normalized spacial score (nSPS) is 11.5. The predicted molar refractivity (Wildman–Crippen MR) is 85.5 cm³/mol. The fraction of sp³-hybridized carbons (Fsp3) is 0.0588. The van der Waals surface area contributed by atoms with Gasteiger partial charge in [0.25, 0.3) is 5.91 Å². The number of nitrogens with zero attached hydrogens (tertiary/aromatic N) is 1. The first-order valence-electron chi connectivity index (χ1n) is 6.94. The van der Waals surface area contributed by atoms with Crippen molar-refractivity contribution in [3.63, 3.8) is 0 Å². The average molecular weight is 347 g/mol. The zero-order valence-corrected chi connectivity index (χ0v) is 12.6. The van der Waals surface area contributed by atoms with E-state index in [9.17, 15) is 23.1 Å². The molecule has 0 bridgehead atoms. The molecule has 0 aromatic heterocycles. The lowest BCUT2D eigenvalue weighted by Gasteiger charge is -2.09. The number of phenolic OH excluding ortho intramolecular Hbond substituents is 1. The smallest absolute Gasteiger partial charge is 0.416 e. The number of aromatic hydroxyl groups is 1. The minimum atomic E-state index is -4.54. The minimum absolute atomic E-state index is 0.00896. The first kappa shape index (κ1) is 17.9. The molecule has 0 radical (unpaired) electrons. The molecule has 2 aromatic carbocycles. The van der Waals surface area contributed by atoms with Crippen molar-refractivity contribution < 1.29 is 23.1 Å². The van der Waals surface area contributed by atoms with Gasteiger partial charge in [0.15, 0.2) is 0 Å². The molecule has 1 amide bonds. The van der Waals surface area contributed by atoms with E-state index >= 15 is 0 Å². The maximum atomic E-state index is 12.7. The predicted octanol–water partition coefficient (Wildman–Crippen LogP) is 3.87. The van der Waals surface area contributed by atoms with Crippen molar-refractivity contribution in [2.45, 2.75) is 6.18 Å². The fourth-order valence-corrected chi connectivity index (χ4v) is 1.87. The Bertz CT molecular complexity index is 855. The summed E-state index contributed by atoms with van der Waals surface area (Å²) < 4.78 is 38.0. The summed E-state index contributed by atoms with van der Waals surface area (Å²) in [6, 6.07) is 11.7. The number of nitriles is 1. The molecule has 0 saturated carbocycles. The highest BCUT2D eigenvalue weighted by Gasteiger charge is 2.30. The van der Waals surface area contributed by atoms with Crippen LogP contribution in [-0.4, -0.2) is 11.0 Å². The number of carbonyl (C=O) groups excluding carboxylic acids is 1. The first-order chi connectivity index (χ1) is 11.8. The second kappa shape index (κ2) is 7.40.